The minimum atomic E-state index is -3.88. The molecule has 0 saturated carbocycles. The van der Waals surface area contributed by atoms with Crippen LogP contribution >= 0.6 is 86.6 Å². The van der Waals surface area contributed by atoms with Gasteiger partial charge in [0.15, 0.2) is 5.75 Å². The molecule has 0 aliphatic heterocycles. The normalized spacial score (nSPS) is 11.7. The predicted octanol–water partition coefficient (Wildman–Crippen LogP) is 6.92. The molecule has 10 heteroatoms. The van der Waals surface area contributed by atoms with Crippen molar-refractivity contribution in [2.45, 2.75) is 0 Å². The molecule has 0 bridgehead atoms. The summed E-state index contributed by atoms with van der Waals surface area (Å²) in [6.07, 6.45) is -3.88. The highest BCUT2D eigenvalue weighted by molar-refractivity contribution is 8.05. The van der Waals surface area contributed by atoms with Crippen molar-refractivity contribution in [1.82, 2.24) is 0 Å². The quantitative estimate of drug-likeness (QED) is 0.315. The zero-order chi connectivity index (χ0) is 12.7. The van der Waals surface area contributed by atoms with Gasteiger partial charge in [0.1, 0.15) is 10.0 Å². The van der Waals surface area contributed by atoms with Gasteiger partial charge in [0.2, 0.25) is 0 Å². The first-order chi connectivity index (χ1) is 7.15. The third kappa shape index (κ3) is 3.40. The summed E-state index contributed by atoms with van der Waals surface area (Å²) < 4.78 is 15.7. The van der Waals surface area contributed by atoms with Crippen molar-refractivity contribution < 1.29 is 9.09 Å². The summed E-state index contributed by atoms with van der Waals surface area (Å²) in [5, 5.41) is -0.612. The average molecular weight is 383 g/mol. The Kier molecular flexibility index (Phi) is 5.28. The van der Waals surface area contributed by atoms with E-state index < -0.39 is 6.07 Å². The summed E-state index contributed by atoms with van der Waals surface area (Å²) in [6.45, 7) is 0. The van der Waals surface area contributed by atoms with E-state index in [1.165, 1.54) is 0 Å². The topological polar surface area (TPSA) is 26.3 Å². The summed E-state index contributed by atoms with van der Waals surface area (Å²) >= 11 is 39.1. The van der Waals surface area contributed by atoms with Crippen molar-refractivity contribution in [2.75, 3.05) is 0 Å². The van der Waals surface area contributed by atoms with Crippen molar-refractivity contribution >= 4 is 86.6 Å². The molecular formula is C6Cl7O2P. The maximum Gasteiger partial charge on any atom is 0.428 e. The van der Waals surface area contributed by atoms with E-state index in [0.717, 1.165) is 0 Å². The van der Waals surface area contributed by atoms with E-state index >= 15 is 0 Å². The summed E-state index contributed by atoms with van der Waals surface area (Å²) in [4.78, 5) is 0. The van der Waals surface area contributed by atoms with E-state index in [9.17, 15) is 4.57 Å². The first kappa shape index (κ1) is 15.3. The van der Waals surface area contributed by atoms with E-state index in [0.29, 0.717) is 0 Å². The molecule has 0 aliphatic carbocycles. The molecule has 90 valence electrons. The molecule has 0 amide bonds. The van der Waals surface area contributed by atoms with Gasteiger partial charge in [0, 0.05) is 22.5 Å². The van der Waals surface area contributed by atoms with E-state index in [-0.39, 0.29) is 30.9 Å². The van der Waals surface area contributed by atoms with E-state index in [2.05, 4.69) is 4.52 Å². The number of hydrogen-bond donors (Lipinski definition) is 0. The van der Waals surface area contributed by atoms with Gasteiger partial charge >= 0.3 is 6.07 Å². The number of benzene rings is 1. The highest BCUT2D eigenvalue weighted by atomic mass is 35.9. The molecule has 0 aliphatic rings. The summed E-state index contributed by atoms with van der Waals surface area (Å²) in [6, 6.07) is 0. The summed E-state index contributed by atoms with van der Waals surface area (Å²) in [7, 11) is 0. The molecule has 1 aromatic rings. The molecule has 0 radical (unpaired) electrons. The number of rotatable bonds is 2. The van der Waals surface area contributed by atoms with Gasteiger partial charge in [-0.3, -0.25) is 0 Å². The van der Waals surface area contributed by atoms with E-state index in [1.54, 1.807) is 0 Å². The second-order valence-corrected chi connectivity index (χ2v) is 8.50. The zero-order valence-electron chi connectivity index (χ0n) is 6.91. The molecule has 2 nitrogen and oxygen atoms in total. The van der Waals surface area contributed by atoms with Crippen LogP contribution in [-0.2, 0) is 4.57 Å². The molecule has 0 unspecified atom stereocenters. The van der Waals surface area contributed by atoms with Crippen LogP contribution in [0, 0.1) is 0 Å². The fraction of sp³-hybridized carbons (Fsp3) is 0. The lowest BCUT2D eigenvalue weighted by Gasteiger charge is -2.13. The minimum Gasteiger partial charge on any atom is -0.419 e. The lowest BCUT2D eigenvalue weighted by molar-refractivity contribution is 0.513. The Morgan fingerprint density at radius 3 is 1.38 bits per heavy atom. The van der Waals surface area contributed by atoms with Gasteiger partial charge in [-0.2, -0.15) is 0 Å². The molecule has 0 N–H and O–H groups in total. The van der Waals surface area contributed by atoms with Crippen LogP contribution in [0.3, 0.4) is 0 Å². The van der Waals surface area contributed by atoms with Gasteiger partial charge in [-0.15, -0.1) is 0 Å². The standard InChI is InChI=1S/C6Cl7O2P/c7-1-2(8)4(10)6(5(11)3(1)9)15-16(12,13)14. The molecule has 0 heterocycles. The van der Waals surface area contributed by atoms with Crippen LogP contribution in [0.5, 0.6) is 5.75 Å². The van der Waals surface area contributed by atoms with Crippen molar-refractivity contribution in [3.8, 4) is 5.75 Å². The first-order valence-electron chi connectivity index (χ1n) is 3.35. The molecular weight excluding hydrogens is 383 g/mol. The van der Waals surface area contributed by atoms with Gasteiger partial charge in [-0.25, -0.2) is 4.57 Å². The molecule has 0 fully saturated rings. The van der Waals surface area contributed by atoms with Crippen LogP contribution in [0.25, 0.3) is 0 Å². The second kappa shape index (κ2) is 5.50. The lowest BCUT2D eigenvalue weighted by atomic mass is 10.3. The lowest BCUT2D eigenvalue weighted by Crippen LogP contribution is -1.88. The Labute approximate surface area is 126 Å². The van der Waals surface area contributed by atoms with Gasteiger partial charge < -0.3 is 4.52 Å². The van der Waals surface area contributed by atoms with Crippen LogP contribution in [-0.4, -0.2) is 0 Å². The Morgan fingerprint density at radius 2 is 1.06 bits per heavy atom. The fourth-order valence-corrected chi connectivity index (χ4v) is 2.89. The monoisotopic (exact) mass is 380 g/mol. The fourth-order valence-electron chi connectivity index (χ4n) is 0.771. The molecule has 0 spiro atoms. The highest BCUT2D eigenvalue weighted by Crippen LogP contribution is 2.61. The molecule has 0 saturated heterocycles. The smallest absolute Gasteiger partial charge is 0.419 e. The van der Waals surface area contributed by atoms with Gasteiger partial charge in [0.05, 0.1) is 15.1 Å². The molecule has 16 heavy (non-hydrogen) atoms. The van der Waals surface area contributed by atoms with Gasteiger partial charge in [-0.1, -0.05) is 58.0 Å². The molecule has 1 rings (SSSR count). The molecule has 0 atom stereocenters. The largest absolute Gasteiger partial charge is 0.428 e. The Balaban J connectivity index is 3.46. The van der Waals surface area contributed by atoms with Crippen molar-refractivity contribution in [3.63, 3.8) is 0 Å². The van der Waals surface area contributed by atoms with Gasteiger partial charge in [0.25, 0.3) is 0 Å². The van der Waals surface area contributed by atoms with Crippen molar-refractivity contribution in [3.05, 3.63) is 25.1 Å². The highest BCUT2D eigenvalue weighted by Gasteiger charge is 2.26. The zero-order valence-corrected chi connectivity index (χ0v) is 13.1. The summed E-state index contributed by atoms with van der Waals surface area (Å²) in [5.74, 6) is -0.281. The maximum absolute atomic E-state index is 11.1. The Hall–Kier alpha value is 1.28. The van der Waals surface area contributed by atoms with Crippen molar-refractivity contribution in [2.24, 2.45) is 0 Å². The van der Waals surface area contributed by atoms with Crippen LogP contribution in [0.4, 0.5) is 0 Å². The van der Waals surface area contributed by atoms with Crippen molar-refractivity contribution in [1.29, 1.82) is 0 Å². The van der Waals surface area contributed by atoms with Gasteiger partial charge in [-0.05, 0) is 0 Å². The molecule has 1 aromatic carbocycles. The summed E-state index contributed by atoms with van der Waals surface area (Å²) in [5.41, 5.74) is 0. The minimum absolute atomic E-state index is 0.0512. The predicted molar refractivity (Wildman–Crippen MR) is 71.4 cm³/mol. The van der Waals surface area contributed by atoms with E-state index in [4.69, 9.17) is 80.5 Å². The third-order valence-electron chi connectivity index (χ3n) is 1.37. The van der Waals surface area contributed by atoms with Crippen LogP contribution in [0.2, 0.25) is 25.1 Å². The van der Waals surface area contributed by atoms with E-state index in [1.807, 2.05) is 0 Å². The Morgan fingerprint density at radius 1 is 0.750 bits per heavy atom. The van der Waals surface area contributed by atoms with Crippen LogP contribution in [0.15, 0.2) is 0 Å². The first-order valence-corrected chi connectivity index (χ1v) is 8.68. The third-order valence-corrected chi connectivity index (χ3v) is 4.42. The van der Waals surface area contributed by atoms with Crippen LogP contribution < -0.4 is 4.52 Å². The average Bonchev–Trinajstić information content (AvgIpc) is 2.17. The SMILES string of the molecule is O=P(Cl)(Cl)Oc1c(Cl)c(Cl)c(Cl)c(Cl)c1Cl. The number of halogens is 7. The number of hydrogen-bond acceptors (Lipinski definition) is 2. The second-order valence-electron chi connectivity index (χ2n) is 2.40. The molecule has 0 aromatic heterocycles. The Bertz CT molecular complexity index is 453. The maximum atomic E-state index is 11.1. The van der Waals surface area contributed by atoms with Crippen LogP contribution in [0.1, 0.15) is 0 Å².